The zero-order valence-electron chi connectivity index (χ0n) is 23.6. The molecule has 3 atom stereocenters. The first-order valence-corrected chi connectivity index (χ1v) is 13.6. The molecule has 3 amide bonds. The number of hydrogen-bond donors (Lipinski definition) is 2. The molecule has 0 aromatic heterocycles. The number of carbonyl (C=O) groups is 4. The van der Waals surface area contributed by atoms with Gasteiger partial charge >= 0.3 is 5.97 Å². The molecule has 2 N–H and O–H groups in total. The van der Waals surface area contributed by atoms with E-state index in [1.807, 2.05) is 46.8 Å². The van der Waals surface area contributed by atoms with Gasteiger partial charge in [0.1, 0.15) is 18.1 Å². The lowest BCUT2D eigenvalue weighted by atomic mass is 9.87. The second-order valence-corrected chi connectivity index (χ2v) is 12.1. The minimum Gasteiger partial charge on any atom is -0.465 e. The number of ether oxygens (including phenoxy) is 1. The molecule has 8 nitrogen and oxygen atoms in total. The van der Waals surface area contributed by atoms with Gasteiger partial charge in [0, 0.05) is 5.54 Å². The summed E-state index contributed by atoms with van der Waals surface area (Å²) >= 11 is 0. The Balaban J connectivity index is 1.77. The number of hydrogen-bond acceptors (Lipinski definition) is 5. The molecule has 0 spiro atoms. The standard InChI is InChI=1S/C31H39N3O5/c1-18(2)15-24-27(35)32-25(23-16-21-9-7-8-10-22(21)17-23)29(37)34(24)26(28(36)33-31(3,4)5)19-11-13-20(14-12-19)30(38)39-6/h7-14,18,23-26H,15-17H2,1-6H3,(H,32,35)(H,33,36)/t24-,25?,26-/m1/s1. The van der Waals surface area contributed by atoms with Gasteiger partial charge in [0.2, 0.25) is 17.7 Å². The average molecular weight is 534 g/mol. The summed E-state index contributed by atoms with van der Waals surface area (Å²) in [5.41, 5.74) is 2.65. The number of methoxy groups -OCH3 is 1. The maximum Gasteiger partial charge on any atom is 0.337 e. The fraction of sp³-hybridized carbons (Fsp3) is 0.484. The zero-order chi connectivity index (χ0) is 28.5. The molecule has 1 saturated heterocycles. The van der Waals surface area contributed by atoms with Gasteiger partial charge in [0.25, 0.3) is 0 Å². The number of fused-ring (bicyclic) bond motifs is 1. The molecule has 1 aliphatic heterocycles. The first kappa shape index (κ1) is 28.3. The molecule has 1 fully saturated rings. The Labute approximate surface area is 230 Å². The predicted octanol–water partition coefficient (Wildman–Crippen LogP) is 3.59. The van der Waals surface area contributed by atoms with Gasteiger partial charge < -0.3 is 20.3 Å². The van der Waals surface area contributed by atoms with E-state index in [9.17, 15) is 19.2 Å². The van der Waals surface area contributed by atoms with Crippen molar-refractivity contribution in [3.63, 3.8) is 0 Å². The molecule has 0 bridgehead atoms. The van der Waals surface area contributed by atoms with Crippen LogP contribution in [-0.4, -0.2) is 53.3 Å². The third-order valence-electron chi connectivity index (χ3n) is 7.38. The largest absolute Gasteiger partial charge is 0.465 e. The molecule has 0 saturated carbocycles. The molecule has 39 heavy (non-hydrogen) atoms. The Kier molecular flexibility index (Phi) is 8.14. The van der Waals surface area contributed by atoms with Crippen molar-refractivity contribution >= 4 is 23.7 Å². The second kappa shape index (κ2) is 11.2. The molecular weight excluding hydrogens is 494 g/mol. The predicted molar refractivity (Wildman–Crippen MR) is 148 cm³/mol. The highest BCUT2D eigenvalue weighted by Crippen LogP contribution is 2.35. The summed E-state index contributed by atoms with van der Waals surface area (Å²) in [5, 5.41) is 6.05. The van der Waals surface area contributed by atoms with Crippen molar-refractivity contribution in [1.82, 2.24) is 15.5 Å². The van der Waals surface area contributed by atoms with E-state index < -0.39 is 29.6 Å². The van der Waals surface area contributed by atoms with Crippen molar-refractivity contribution in [2.75, 3.05) is 7.11 Å². The fourth-order valence-electron chi connectivity index (χ4n) is 5.67. The van der Waals surface area contributed by atoms with E-state index in [1.165, 1.54) is 23.1 Å². The van der Waals surface area contributed by atoms with E-state index in [2.05, 4.69) is 22.8 Å². The van der Waals surface area contributed by atoms with Crippen LogP contribution in [0.4, 0.5) is 0 Å². The summed E-state index contributed by atoms with van der Waals surface area (Å²) in [6.07, 6.45) is 1.78. The van der Waals surface area contributed by atoms with Crippen LogP contribution in [0, 0.1) is 11.8 Å². The van der Waals surface area contributed by atoms with Gasteiger partial charge in [0.15, 0.2) is 0 Å². The normalized spacial score (nSPS) is 20.4. The Hall–Kier alpha value is -3.68. The molecule has 1 unspecified atom stereocenters. The van der Waals surface area contributed by atoms with Crippen LogP contribution in [0.15, 0.2) is 48.5 Å². The second-order valence-electron chi connectivity index (χ2n) is 12.1. The summed E-state index contributed by atoms with van der Waals surface area (Å²) in [7, 11) is 1.30. The van der Waals surface area contributed by atoms with Crippen LogP contribution in [0.2, 0.25) is 0 Å². The quantitative estimate of drug-likeness (QED) is 0.530. The molecule has 2 aromatic carbocycles. The first-order valence-electron chi connectivity index (χ1n) is 13.6. The lowest BCUT2D eigenvalue weighted by molar-refractivity contribution is -0.158. The van der Waals surface area contributed by atoms with Crippen molar-refractivity contribution in [1.29, 1.82) is 0 Å². The highest BCUT2D eigenvalue weighted by Gasteiger charge is 2.49. The van der Waals surface area contributed by atoms with Crippen molar-refractivity contribution in [2.45, 2.75) is 77.5 Å². The summed E-state index contributed by atoms with van der Waals surface area (Å²) in [5.74, 6) is -1.37. The molecule has 4 rings (SSSR count). The third kappa shape index (κ3) is 6.15. The highest BCUT2D eigenvalue weighted by molar-refractivity contribution is 6.00. The van der Waals surface area contributed by atoms with Crippen LogP contribution in [0.3, 0.4) is 0 Å². The zero-order valence-corrected chi connectivity index (χ0v) is 23.6. The average Bonchev–Trinajstić information content (AvgIpc) is 3.30. The van der Waals surface area contributed by atoms with Crippen molar-refractivity contribution in [3.8, 4) is 0 Å². The number of benzene rings is 2. The molecule has 1 heterocycles. The monoisotopic (exact) mass is 533 g/mol. The number of nitrogens with zero attached hydrogens (tertiary/aromatic N) is 1. The summed E-state index contributed by atoms with van der Waals surface area (Å²) in [4.78, 5) is 55.5. The number of amides is 3. The Morgan fingerprint density at radius 1 is 1.03 bits per heavy atom. The maximum absolute atomic E-state index is 14.4. The van der Waals surface area contributed by atoms with Crippen molar-refractivity contribution in [2.24, 2.45) is 11.8 Å². The van der Waals surface area contributed by atoms with E-state index >= 15 is 0 Å². The van der Waals surface area contributed by atoms with Gasteiger partial charge in [-0.1, -0.05) is 50.2 Å². The Morgan fingerprint density at radius 2 is 1.62 bits per heavy atom. The molecule has 1 aliphatic carbocycles. The van der Waals surface area contributed by atoms with E-state index in [4.69, 9.17) is 4.74 Å². The van der Waals surface area contributed by atoms with Crippen LogP contribution in [0.1, 0.15) is 74.1 Å². The summed E-state index contributed by atoms with van der Waals surface area (Å²) in [6.45, 7) is 9.60. The first-order chi connectivity index (χ1) is 18.4. The molecular formula is C31H39N3O5. The Morgan fingerprint density at radius 3 is 2.13 bits per heavy atom. The smallest absolute Gasteiger partial charge is 0.337 e. The van der Waals surface area contributed by atoms with Gasteiger partial charge in [-0.3, -0.25) is 14.4 Å². The minimum absolute atomic E-state index is 0.102. The van der Waals surface area contributed by atoms with Gasteiger partial charge in [0.05, 0.1) is 12.7 Å². The van der Waals surface area contributed by atoms with Gasteiger partial charge in [-0.25, -0.2) is 4.79 Å². The third-order valence-corrected chi connectivity index (χ3v) is 7.38. The van der Waals surface area contributed by atoms with Crippen LogP contribution >= 0.6 is 0 Å². The van der Waals surface area contributed by atoms with Gasteiger partial charge in [-0.05, 0) is 80.7 Å². The topological polar surface area (TPSA) is 105 Å². The fourth-order valence-corrected chi connectivity index (χ4v) is 5.67. The number of piperazine rings is 1. The number of esters is 1. The summed E-state index contributed by atoms with van der Waals surface area (Å²) in [6, 6.07) is 12.0. The van der Waals surface area contributed by atoms with Crippen LogP contribution in [0.25, 0.3) is 0 Å². The number of rotatable bonds is 7. The van der Waals surface area contributed by atoms with Crippen molar-refractivity contribution in [3.05, 3.63) is 70.8 Å². The minimum atomic E-state index is -1.05. The van der Waals surface area contributed by atoms with E-state index in [0.717, 1.165) is 0 Å². The van der Waals surface area contributed by atoms with E-state index in [0.29, 0.717) is 30.4 Å². The molecule has 2 aromatic rings. The number of carbonyl (C=O) groups excluding carboxylic acids is 4. The maximum atomic E-state index is 14.4. The molecule has 8 heteroatoms. The molecule has 208 valence electrons. The van der Waals surface area contributed by atoms with E-state index in [-0.39, 0.29) is 29.6 Å². The van der Waals surface area contributed by atoms with Gasteiger partial charge in [-0.2, -0.15) is 0 Å². The Bertz CT molecular complexity index is 1220. The SMILES string of the molecule is COC(=O)c1ccc([C@H](C(=O)NC(C)(C)C)N2C(=O)C(C3Cc4ccccc4C3)NC(=O)[C@H]2CC(C)C)cc1. The van der Waals surface area contributed by atoms with Crippen LogP contribution < -0.4 is 10.6 Å². The lowest BCUT2D eigenvalue weighted by Crippen LogP contribution is -2.67. The number of nitrogens with one attached hydrogen (secondary N) is 2. The molecule has 0 radical (unpaired) electrons. The summed E-state index contributed by atoms with van der Waals surface area (Å²) < 4.78 is 4.82. The van der Waals surface area contributed by atoms with Gasteiger partial charge in [-0.15, -0.1) is 0 Å². The van der Waals surface area contributed by atoms with Crippen LogP contribution in [0.5, 0.6) is 0 Å². The van der Waals surface area contributed by atoms with Crippen molar-refractivity contribution < 1.29 is 23.9 Å². The molecule has 2 aliphatic rings. The van der Waals surface area contributed by atoms with E-state index in [1.54, 1.807) is 24.3 Å². The van der Waals surface area contributed by atoms with Crippen LogP contribution in [-0.2, 0) is 32.0 Å². The lowest BCUT2D eigenvalue weighted by Gasteiger charge is -2.45. The highest BCUT2D eigenvalue weighted by atomic mass is 16.5.